The van der Waals surface area contributed by atoms with Crippen molar-refractivity contribution in [2.24, 2.45) is 0 Å². The molecule has 0 N–H and O–H groups in total. The van der Waals surface area contributed by atoms with Crippen molar-refractivity contribution in [3.8, 4) is 0 Å². The fraction of sp³-hybridized carbons (Fsp3) is 0.375. The van der Waals surface area contributed by atoms with Crippen molar-refractivity contribution in [3.05, 3.63) is 57.2 Å². The van der Waals surface area contributed by atoms with Crippen LogP contribution in [0, 0.1) is 24.3 Å². The van der Waals surface area contributed by atoms with E-state index in [0.717, 1.165) is 33.4 Å². The van der Waals surface area contributed by atoms with Gasteiger partial charge in [0.15, 0.2) is 0 Å². The first kappa shape index (κ1) is 21.3. The van der Waals surface area contributed by atoms with Crippen molar-refractivity contribution in [1.29, 1.82) is 0 Å². The van der Waals surface area contributed by atoms with Crippen LogP contribution in [-0.2, 0) is 12.8 Å². The molecule has 136 valence electrons. The van der Waals surface area contributed by atoms with Crippen LogP contribution in [0.2, 0.25) is 0 Å². The monoisotopic (exact) mass is 526 g/mol. The van der Waals surface area contributed by atoms with Gasteiger partial charge in [0.2, 0.25) is 0 Å². The molecular weight excluding hydrogens is 506 g/mol. The minimum atomic E-state index is -3.89. The molecule has 0 spiro atoms. The Bertz CT molecular complexity index is 728. The van der Waals surface area contributed by atoms with Crippen LogP contribution in [0.15, 0.2) is 34.3 Å². The van der Waals surface area contributed by atoms with Crippen molar-refractivity contribution in [2.45, 2.75) is 50.6 Å². The average molecular weight is 526 g/mol. The van der Waals surface area contributed by atoms with Crippen LogP contribution in [0.25, 0.3) is 0 Å². The van der Waals surface area contributed by atoms with Crippen LogP contribution in [-0.4, -0.2) is 13.4 Å². The Morgan fingerprint density at radius 2 is 1.20 bits per heavy atom. The van der Waals surface area contributed by atoms with Crippen molar-refractivity contribution >= 4 is 49.1 Å². The van der Waals surface area contributed by atoms with Gasteiger partial charge in [0.05, 0.1) is 0 Å². The number of hydrogen-bond donors (Lipinski definition) is 0. The predicted octanol–water partition coefficient (Wildman–Crippen LogP) is 4.49. The molecule has 2 aromatic heterocycles. The van der Waals surface area contributed by atoms with Crippen LogP contribution in [0.4, 0.5) is 0 Å². The van der Waals surface area contributed by atoms with E-state index in [0.29, 0.717) is 21.4 Å². The summed E-state index contributed by atoms with van der Waals surface area (Å²) in [4.78, 5) is 0. The predicted molar refractivity (Wildman–Crippen MR) is 108 cm³/mol. The molecule has 0 aromatic carbocycles. The molecule has 2 heterocycles. The Morgan fingerprint density at radius 3 is 1.52 bits per heavy atom. The first-order chi connectivity index (χ1) is 11.7. The molecule has 0 amide bonds. The van der Waals surface area contributed by atoms with E-state index in [1.54, 1.807) is 26.0 Å². The molecule has 25 heavy (non-hydrogen) atoms. The molecular formula is C16H20Cl2N2O2S2Sn. The van der Waals surface area contributed by atoms with Gasteiger partial charge in [-0.05, 0) is 0 Å². The van der Waals surface area contributed by atoms with Gasteiger partial charge in [0.1, 0.15) is 0 Å². The minimum absolute atomic E-state index is 0.555. The van der Waals surface area contributed by atoms with Crippen LogP contribution in [0.3, 0.4) is 0 Å². The Labute approximate surface area is 165 Å². The molecule has 4 nitrogen and oxygen atoms in total. The first-order valence-electron chi connectivity index (χ1n) is 7.90. The van der Waals surface area contributed by atoms with E-state index in [1.165, 1.54) is 17.9 Å². The fourth-order valence-electron chi connectivity index (χ4n) is 2.30. The Kier molecular flexibility index (Phi) is 7.47. The van der Waals surface area contributed by atoms with Crippen molar-refractivity contribution in [2.75, 3.05) is 0 Å². The number of pyridine rings is 2. The number of nitrogens with zero attached hydrogens (tertiary/aromatic N) is 2. The molecule has 0 aliphatic heterocycles. The second-order valence-corrected chi connectivity index (χ2v) is 37.8. The van der Waals surface area contributed by atoms with Crippen molar-refractivity contribution < 1.29 is 9.46 Å². The van der Waals surface area contributed by atoms with Crippen LogP contribution < -0.4 is 9.46 Å². The van der Waals surface area contributed by atoms with E-state index >= 15 is 0 Å². The Balaban J connectivity index is 2.39. The summed E-state index contributed by atoms with van der Waals surface area (Å²) in [5.74, 6) is 0. The van der Waals surface area contributed by atoms with Gasteiger partial charge >= 0.3 is 166 Å². The van der Waals surface area contributed by atoms with Gasteiger partial charge < -0.3 is 0 Å². The van der Waals surface area contributed by atoms with Crippen LogP contribution in [0.5, 0.6) is 0 Å². The molecule has 2 aromatic rings. The molecule has 0 bridgehead atoms. The number of rotatable bonds is 6. The van der Waals surface area contributed by atoms with Gasteiger partial charge in [-0.2, -0.15) is 0 Å². The van der Waals surface area contributed by atoms with E-state index in [-0.39, 0.29) is 0 Å². The molecule has 0 saturated heterocycles. The van der Waals surface area contributed by atoms with E-state index < -0.39 is 13.4 Å². The standard InChI is InChI=1S/2C8H11NOS.2ClH.Sn/c2*1-3-7-5-4-6(2)9(10)8(7)11;;;/h2*4-5,11H,3H2,1-2H3;2*1H;/q;;;;+4/p-4. The van der Waals surface area contributed by atoms with Gasteiger partial charge in [0.25, 0.3) is 0 Å². The zero-order chi connectivity index (χ0) is 18.8. The molecule has 2 rings (SSSR count). The molecule has 9 heteroatoms. The second kappa shape index (κ2) is 8.78. The van der Waals surface area contributed by atoms with E-state index in [2.05, 4.69) is 0 Å². The number of aryl methyl sites for hydroxylation is 4. The summed E-state index contributed by atoms with van der Waals surface area (Å²) < 4.78 is 1.78. The van der Waals surface area contributed by atoms with Gasteiger partial charge in [-0.15, -0.1) is 0 Å². The Hall–Kier alpha value is -0.0213. The molecule has 0 aliphatic rings. The van der Waals surface area contributed by atoms with Gasteiger partial charge in [0, 0.05) is 0 Å². The van der Waals surface area contributed by atoms with Crippen LogP contribution in [0.1, 0.15) is 36.4 Å². The van der Waals surface area contributed by atoms with E-state index in [9.17, 15) is 10.4 Å². The third-order valence-corrected chi connectivity index (χ3v) is 22.5. The summed E-state index contributed by atoms with van der Waals surface area (Å²) in [7, 11) is 16.0. The number of halogens is 2. The zero-order valence-corrected chi connectivity index (χ0v) is 20.5. The third kappa shape index (κ3) is 5.03. The van der Waals surface area contributed by atoms with E-state index in [1.807, 2.05) is 26.0 Å². The molecule has 0 unspecified atom stereocenters. The average Bonchev–Trinajstić information content (AvgIpc) is 2.56. The Morgan fingerprint density at radius 1 is 0.840 bits per heavy atom. The SMILES string of the molecule is CCc1ccc(C)[n+]([O-])c1[S][Sn]([Cl])([Cl])[S]c1c(CC)ccc(C)[n+]1[O-]. The molecule has 0 saturated carbocycles. The number of aromatic nitrogens is 2. The van der Waals surface area contributed by atoms with Gasteiger partial charge in [-0.25, -0.2) is 0 Å². The molecule has 0 radical (unpaired) electrons. The molecule has 0 atom stereocenters. The second-order valence-electron chi connectivity index (χ2n) is 5.57. The summed E-state index contributed by atoms with van der Waals surface area (Å²) >= 11 is -3.89. The van der Waals surface area contributed by atoms with Crippen molar-refractivity contribution in [3.63, 3.8) is 0 Å². The third-order valence-electron chi connectivity index (χ3n) is 3.80. The topological polar surface area (TPSA) is 53.9 Å². The molecule has 0 aliphatic carbocycles. The van der Waals surface area contributed by atoms with Crippen molar-refractivity contribution in [1.82, 2.24) is 0 Å². The zero-order valence-electron chi connectivity index (χ0n) is 14.5. The molecule has 0 fully saturated rings. The summed E-state index contributed by atoms with van der Waals surface area (Å²) in [5.41, 5.74) is 3.04. The summed E-state index contributed by atoms with van der Waals surface area (Å²) in [6.07, 6.45) is 1.44. The summed E-state index contributed by atoms with van der Waals surface area (Å²) in [6, 6.07) is 7.46. The fourth-order valence-corrected chi connectivity index (χ4v) is 21.7. The van der Waals surface area contributed by atoms with E-state index in [4.69, 9.17) is 17.8 Å². The van der Waals surface area contributed by atoms with Gasteiger partial charge in [-0.3, -0.25) is 0 Å². The quantitative estimate of drug-likeness (QED) is 0.317. The summed E-state index contributed by atoms with van der Waals surface area (Å²) in [5, 5.41) is 26.0. The maximum atomic E-state index is 12.5. The number of hydrogen-bond acceptors (Lipinski definition) is 4. The summed E-state index contributed by atoms with van der Waals surface area (Å²) in [6.45, 7) is 7.49. The normalized spacial score (nSPS) is 11.8. The first-order valence-corrected chi connectivity index (χ1v) is 23.7. The van der Waals surface area contributed by atoms with Crippen LogP contribution >= 0.6 is 35.7 Å². The van der Waals surface area contributed by atoms with Gasteiger partial charge in [-0.1, -0.05) is 0 Å². The maximum absolute atomic E-state index is 12.5.